The molecule has 0 aliphatic carbocycles. The molecule has 1 saturated heterocycles. The van der Waals surface area contributed by atoms with Crippen LogP contribution in [0.1, 0.15) is 12.8 Å². The van der Waals surface area contributed by atoms with Gasteiger partial charge in [0.15, 0.2) is 0 Å². The summed E-state index contributed by atoms with van der Waals surface area (Å²) in [6.45, 7) is 3.72. The largest absolute Gasteiger partial charge is 0.345 e. The molecule has 1 aliphatic heterocycles. The molecule has 3 N–H and O–H groups in total. The summed E-state index contributed by atoms with van der Waals surface area (Å²) >= 11 is 0. The van der Waals surface area contributed by atoms with Gasteiger partial charge >= 0.3 is 0 Å². The van der Waals surface area contributed by atoms with Crippen LogP contribution >= 0.6 is 24.1 Å². The van der Waals surface area contributed by atoms with Crippen LogP contribution in [0.5, 0.6) is 0 Å². The van der Waals surface area contributed by atoms with Crippen LogP contribution in [0.25, 0.3) is 0 Å². The van der Waals surface area contributed by atoms with E-state index in [0.29, 0.717) is 39.3 Å². The maximum Gasteiger partial charge on any atom is 0.202 e. The lowest BCUT2D eigenvalue weighted by molar-refractivity contribution is 0.235. The number of hydrogen-bond acceptors (Lipinski definition) is 6. The average molecular weight is 391 g/mol. The van der Waals surface area contributed by atoms with Crippen molar-refractivity contribution in [3.63, 3.8) is 0 Å². The number of rotatable bonds is 6. The highest BCUT2D eigenvalue weighted by Gasteiger charge is 2.16. The van der Waals surface area contributed by atoms with Crippen molar-refractivity contribution in [3.05, 3.63) is 0 Å². The normalized spacial score (nSPS) is 24.7. The molecule has 0 spiro atoms. The predicted molar refractivity (Wildman–Crippen MR) is 92.2 cm³/mol. The molecule has 138 valence electrons. The predicted octanol–water partition coefficient (Wildman–Crippen LogP) is -0.0403. The molecule has 0 radical (unpaired) electrons. The Morgan fingerprint density at radius 1 is 0.565 bits per heavy atom. The zero-order chi connectivity index (χ0) is 17.2. The van der Waals surface area contributed by atoms with Crippen molar-refractivity contribution in [2.75, 3.05) is 58.1 Å². The molecule has 0 bridgehead atoms. The fraction of sp³-hybridized carbons (Fsp3) is 1.00. The van der Waals surface area contributed by atoms with Crippen molar-refractivity contribution in [2.45, 2.75) is 12.8 Å². The highest BCUT2D eigenvalue weighted by Crippen LogP contribution is 2.20. The average Bonchev–Trinajstić information content (AvgIpc) is 2.44. The first-order valence-electron chi connectivity index (χ1n) is 7.69. The van der Waals surface area contributed by atoms with E-state index in [0.717, 1.165) is 12.8 Å². The smallest absolute Gasteiger partial charge is 0.202 e. The van der Waals surface area contributed by atoms with Crippen molar-refractivity contribution >= 4 is 24.1 Å². The molecule has 0 aromatic heterocycles. The Bertz CT molecular complexity index is 398. The highest BCUT2D eigenvalue weighted by atomic mass is 31.1. The van der Waals surface area contributed by atoms with Crippen LogP contribution in [0, 0.1) is 0 Å². The SMILES string of the molecule is O=[PH](O)CN1CCCN(C[PH](=O)O)CCN(C[PH](=O)O)CCC1. The van der Waals surface area contributed by atoms with E-state index in [1.807, 2.05) is 14.7 Å². The summed E-state index contributed by atoms with van der Waals surface area (Å²) in [6, 6.07) is 0. The van der Waals surface area contributed by atoms with Crippen molar-refractivity contribution in [3.8, 4) is 0 Å². The lowest BCUT2D eigenvalue weighted by Crippen LogP contribution is -2.36. The number of hydrogen-bond donors (Lipinski definition) is 3. The third-order valence-electron chi connectivity index (χ3n) is 3.71. The molecular weight excluding hydrogens is 363 g/mol. The zero-order valence-electron chi connectivity index (χ0n) is 13.2. The van der Waals surface area contributed by atoms with Gasteiger partial charge in [0.25, 0.3) is 0 Å². The minimum absolute atomic E-state index is 0.114. The van der Waals surface area contributed by atoms with Gasteiger partial charge in [0.1, 0.15) is 0 Å². The van der Waals surface area contributed by atoms with Gasteiger partial charge in [-0.15, -0.1) is 0 Å². The standard InChI is InChI=1S/C11H28N3O6P3/c15-21(16)9-12-3-1-5-13(10-22(17)18)7-8-14(6-2-4-12)11-23(19)20/h21-23H,1-11H2,(H,15,16)(H,17,18)(H,19,20). The Morgan fingerprint density at radius 2 is 0.826 bits per heavy atom. The first-order valence-corrected chi connectivity index (χ1v) is 12.4. The maximum absolute atomic E-state index is 11.1. The molecule has 0 saturated carbocycles. The van der Waals surface area contributed by atoms with Crippen molar-refractivity contribution in [1.82, 2.24) is 14.7 Å². The third kappa shape index (κ3) is 10.8. The molecule has 1 heterocycles. The summed E-state index contributed by atoms with van der Waals surface area (Å²) in [6.07, 6.45) is 1.88. The van der Waals surface area contributed by atoms with Crippen molar-refractivity contribution in [1.29, 1.82) is 0 Å². The molecule has 1 aliphatic rings. The monoisotopic (exact) mass is 391 g/mol. The second-order valence-electron chi connectivity index (χ2n) is 5.72. The van der Waals surface area contributed by atoms with Gasteiger partial charge in [-0.3, -0.25) is 28.4 Å². The quantitative estimate of drug-likeness (QED) is 0.536. The van der Waals surface area contributed by atoms with E-state index < -0.39 is 24.1 Å². The fourth-order valence-corrected chi connectivity index (χ4v) is 4.80. The Hall–Kier alpha value is 0.450. The van der Waals surface area contributed by atoms with E-state index in [2.05, 4.69) is 0 Å². The minimum Gasteiger partial charge on any atom is -0.345 e. The van der Waals surface area contributed by atoms with Gasteiger partial charge in [-0.1, -0.05) is 0 Å². The van der Waals surface area contributed by atoms with E-state index in [-0.39, 0.29) is 18.9 Å². The Balaban J connectivity index is 2.68. The first kappa shape index (κ1) is 21.5. The molecule has 3 unspecified atom stereocenters. The number of nitrogens with zero attached hydrogens (tertiary/aromatic N) is 3. The van der Waals surface area contributed by atoms with Crippen LogP contribution in [0.3, 0.4) is 0 Å². The van der Waals surface area contributed by atoms with Gasteiger partial charge in [0.2, 0.25) is 24.1 Å². The van der Waals surface area contributed by atoms with E-state index in [1.165, 1.54) is 0 Å². The van der Waals surface area contributed by atoms with Crippen LogP contribution in [-0.4, -0.2) is 87.5 Å². The molecule has 3 atom stereocenters. The van der Waals surface area contributed by atoms with E-state index >= 15 is 0 Å². The van der Waals surface area contributed by atoms with E-state index in [9.17, 15) is 13.7 Å². The second-order valence-corrected chi connectivity index (χ2v) is 9.03. The van der Waals surface area contributed by atoms with Gasteiger partial charge in [-0.2, -0.15) is 0 Å². The summed E-state index contributed by atoms with van der Waals surface area (Å²) in [4.78, 5) is 33.1. The molecule has 0 amide bonds. The molecule has 23 heavy (non-hydrogen) atoms. The zero-order valence-corrected chi connectivity index (χ0v) is 16.2. The van der Waals surface area contributed by atoms with Gasteiger partial charge in [-0.05, 0) is 39.0 Å². The Morgan fingerprint density at radius 3 is 1.09 bits per heavy atom. The Labute approximate surface area is 138 Å². The van der Waals surface area contributed by atoms with Crippen molar-refractivity contribution in [2.24, 2.45) is 0 Å². The topological polar surface area (TPSA) is 122 Å². The summed E-state index contributed by atoms with van der Waals surface area (Å²) in [5, 5.41) is 0. The summed E-state index contributed by atoms with van der Waals surface area (Å²) < 4.78 is 33.3. The molecule has 12 heteroatoms. The highest BCUT2D eigenvalue weighted by molar-refractivity contribution is 7.38. The van der Waals surface area contributed by atoms with Gasteiger partial charge in [0.05, 0.1) is 18.9 Å². The van der Waals surface area contributed by atoms with Gasteiger partial charge in [-0.25, -0.2) is 0 Å². The minimum atomic E-state index is -2.61. The summed E-state index contributed by atoms with van der Waals surface area (Å²) in [5.74, 6) is 0. The van der Waals surface area contributed by atoms with Gasteiger partial charge < -0.3 is 14.7 Å². The van der Waals surface area contributed by atoms with E-state index in [1.54, 1.807) is 0 Å². The fourth-order valence-electron chi connectivity index (χ4n) is 2.70. The van der Waals surface area contributed by atoms with Crippen LogP contribution < -0.4 is 0 Å². The molecule has 1 fully saturated rings. The molecule has 9 nitrogen and oxygen atoms in total. The molecular formula is C11H28N3O6P3. The van der Waals surface area contributed by atoms with Gasteiger partial charge in [0, 0.05) is 13.1 Å². The maximum atomic E-state index is 11.1. The van der Waals surface area contributed by atoms with Crippen LogP contribution in [-0.2, 0) is 13.7 Å². The van der Waals surface area contributed by atoms with Crippen LogP contribution in [0.2, 0.25) is 0 Å². The summed E-state index contributed by atoms with van der Waals surface area (Å²) in [5.41, 5.74) is 0. The molecule has 0 aromatic carbocycles. The summed E-state index contributed by atoms with van der Waals surface area (Å²) in [7, 11) is -7.79. The van der Waals surface area contributed by atoms with E-state index in [4.69, 9.17) is 14.7 Å². The lowest BCUT2D eigenvalue weighted by Gasteiger charge is -2.25. The third-order valence-corrected chi connectivity index (χ3v) is 5.86. The molecule has 1 rings (SSSR count). The first-order chi connectivity index (χ1) is 10.9. The van der Waals surface area contributed by atoms with Crippen molar-refractivity contribution < 1.29 is 28.4 Å². The molecule has 0 aromatic rings. The van der Waals surface area contributed by atoms with Crippen LogP contribution in [0.15, 0.2) is 0 Å². The van der Waals surface area contributed by atoms with Crippen LogP contribution in [0.4, 0.5) is 0 Å². The Kier molecular flexibility index (Phi) is 11.1. The second kappa shape index (κ2) is 11.9. The lowest BCUT2D eigenvalue weighted by atomic mass is 10.3.